The molecule has 0 spiro atoms. The molecule has 0 atom stereocenters. The number of aromatic nitrogens is 3. The summed E-state index contributed by atoms with van der Waals surface area (Å²) in [6.45, 7) is 0. The van der Waals surface area contributed by atoms with E-state index in [1.807, 2.05) is 60.7 Å². The summed E-state index contributed by atoms with van der Waals surface area (Å²) in [5.41, 5.74) is 7.66. The summed E-state index contributed by atoms with van der Waals surface area (Å²) in [7, 11) is 0. The van der Waals surface area contributed by atoms with Crippen molar-refractivity contribution in [3.63, 3.8) is 0 Å². The summed E-state index contributed by atoms with van der Waals surface area (Å²) in [4.78, 5) is 15.0. The van der Waals surface area contributed by atoms with E-state index in [0.717, 1.165) is 22.3 Å². The van der Waals surface area contributed by atoms with E-state index in [4.69, 9.17) is 15.0 Å². The largest absolute Gasteiger partial charge is 0.208 e. The van der Waals surface area contributed by atoms with Crippen LogP contribution in [-0.2, 0) is 0 Å². The zero-order valence-electron chi connectivity index (χ0n) is 34.7. The number of hydrogen-bond acceptors (Lipinski definition) is 3. The Hall–Kier alpha value is -8.53. The van der Waals surface area contributed by atoms with Gasteiger partial charge >= 0.3 is 0 Å². The molecule has 0 N–H and O–H groups in total. The van der Waals surface area contributed by atoms with Gasteiger partial charge in [-0.05, 0) is 104 Å². The fraction of sp³-hybridized carbons (Fsp3) is 0. The molecule has 0 aliphatic carbocycles. The smallest absolute Gasteiger partial charge is 0.164 e. The standard InChI is InChI=1S/C61H37N3/c1-3-17-39(18-4-1)59-62-60(40-19-5-2-6-20-40)64-61(63-59)41-35-33-38(34-36-41)55-49-26-11-13-28-51(49)57(52-29-14-12-27-50(52)55)54-37-42-21-15-30-47-45-24-9-7-22-43(45)44-23-8-10-25-46(44)48-31-16-32-53(54)58(48)56(42)47/h1-37H. The number of hydrogen-bond donors (Lipinski definition) is 0. The lowest BCUT2D eigenvalue weighted by Gasteiger charge is -2.21. The van der Waals surface area contributed by atoms with Crippen LogP contribution in [0.1, 0.15) is 0 Å². The molecule has 0 saturated heterocycles. The average molecular weight is 812 g/mol. The molecule has 13 rings (SSSR count). The van der Waals surface area contributed by atoms with Crippen molar-refractivity contribution in [2.45, 2.75) is 0 Å². The maximum atomic E-state index is 5.02. The predicted molar refractivity (Wildman–Crippen MR) is 270 cm³/mol. The fourth-order valence-corrected chi connectivity index (χ4v) is 10.3. The van der Waals surface area contributed by atoms with E-state index in [9.17, 15) is 0 Å². The number of benzene rings is 11. The van der Waals surface area contributed by atoms with Crippen LogP contribution >= 0.6 is 0 Å². The van der Waals surface area contributed by atoms with Gasteiger partial charge in [0.05, 0.1) is 0 Å². The predicted octanol–water partition coefficient (Wildman–Crippen LogP) is 16.3. The second-order valence-corrected chi connectivity index (χ2v) is 16.6. The molecular formula is C61H37N3. The summed E-state index contributed by atoms with van der Waals surface area (Å²) in [6.07, 6.45) is 0. The molecule has 13 aromatic rings. The van der Waals surface area contributed by atoms with Crippen molar-refractivity contribution in [3.8, 4) is 56.4 Å². The Kier molecular flexibility index (Phi) is 8.22. The Morgan fingerprint density at radius 1 is 0.219 bits per heavy atom. The SMILES string of the molecule is c1ccc(-c2nc(-c3ccccc3)nc(-c3ccc(-c4c5ccccc5c(-c5cc6cccc7c8ccccc8c8ccccc8c8cccc5c8c67)c5ccccc45)cc3)n2)cc1. The third-order valence-electron chi connectivity index (χ3n) is 13.1. The Morgan fingerprint density at radius 3 is 1.06 bits per heavy atom. The first-order valence-corrected chi connectivity index (χ1v) is 21.9. The zero-order chi connectivity index (χ0) is 42.1. The molecule has 1 aromatic heterocycles. The average Bonchev–Trinajstić information content (AvgIpc) is 3.37. The van der Waals surface area contributed by atoms with Crippen molar-refractivity contribution in [2.75, 3.05) is 0 Å². The van der Waals surface area contributed by atoms with Gasteiger partial charge < -0.3 is 0 Å². The molecule has 1 heterocycles. The van der Waals surface area contributed by atoms with Crippen LogP contribution < -0.4 is 0 Å². The summed E-state index contributed by atoms with van der Waals surface area (Å²) >= 11 is 0. The molecule has 0 amide bonds. The monoisotopic (exact) mass is 811 g/mol. The highest BCUT2D eigenvalue weighted by atomic mass is 15.0. The zero-order valence-corrected chi connectivity index (χ0v) is 34.7. The van der Waals surface area contributed by atoms with Crippen LogP contribution in [0, 0.1) is 0 Å². The first kappa shape index (κ1) is 36.2. The van der Waals surface area contributed by atoms with E-state index in [0.29, 0.717) is 17.5 Å². The second kappa shape index (κ2) is 14.5. The Balaban J connectivity index is 1.05. The third kappa shape index (κ3) is 5.65. The van der Waals surface area contributed by atoms with E-state index in [1.165, 1.54) is 92.1 Å². The molecule has 296 valence electrons. The summed E-state index contributed by atoms with van der Waals surface area (Å²) in [5.74, 6) is 1.94. The number of nitrogens with zero attached hydrogens (tertiary/aromatic N) is 3. The van der Waals surface area contributed by atoms with Crippen LogP contribution in [0.3, 0.4) is 0 Å². The van der Waals surface area contributed by atoms with Gasteiger partial charge in [0.2, 0.25) is 0 Å². The van der Waals surface area contributed by atoms with Gasteiger partial charge in [-0.2, -0.15) is 0 Å². The molecule has 3 nitrogen and oxygen atoms in total. The minimum absolute atomic E-state index is 0.640. The van der Waals surface area contributed by atoms with Gasteiger partial charge in [-0.1, -0.05) is 218 Å². The Bertz CT molecular complexity index is 3880. The van der Waals surface area contributed by atoms with E-state index in [-0.39, 0.29) is 0 Å². The second-order valence-electron chi connectivity index (χ2n) is 16.6. The molecule has 64 heavy (non-hydrogen) atoms. The van der Waals surface area contributed by atoms with Crippen molar-refractivity contribution in [3.05, 3.63) is 224 Å². The van der Waals surface area contributed by atoms with Crippen molar-refractivity contribution in [1.82, 2.24) is 15.0 Å². The van der Waals surface area contributed by atoms with Crippen molar-refractivity contribution in [1.29, 1.82) is 0 Å². The van der Waals surface area contributed by atoms with Gasteiger partial charge in [-0.25, -0.2) is 15.0 Å². The van der Waals surface area contributed by atoms with E-state index in [2.05, 4.69) is 164 Å². The van der Waals surface area contributed by atoms with Gasteiger partial charge in [0.25, 0.3) is 0 Å². The van der Waals surface area contributed by atoms with Gasteiger partial charge in [-0.15, -0.1) is 0 Å². The molecule has 0 aliphatic heterocycles. The van der Waals surface area contributed by atoms with Crippen LogP contribution in [0.5, 0.6) is 0 Å². The molecule has 0 radical (unpaired) electrons. The van der Waals surface area contributed by atoms with Crippen LogP contribution in [0.4, 0.5) is 0 Å². The molecule has 0 saturated carbocycles. The topological polar surface area (TPSA) is 38.7 Å². The molecule has 12 aromatic carbocycles. The molecular weight excluding hydrogens is 775 g/mol. The van der Waals surface area contributed by atoms with E-state index < -0.39 is 0 Å². The highest BCUT2D eigenvalue weighted by Crippen LogP contribution is 2.49. The quantitative estimate of drug-likeness (QED) is 0.128. The molecule has 3 heteroatoms. The summed E-state index contributed by atoms with van der Waals surface area (Å²) < 4.78 is 0. The van der Waals surface area contributed by atoms with Crippen LogP contribution in [0.25, 0.3) is 132 Å². The lowest BCUT2D eigenvalue weighted by Crippen LogP contribution is -2.00. The molecule has 0 bridgehead atoms. The minimum atomic E-state index is 0.640. The Morgan fingerprint density at radius 2 is 0.562 bits per heavy atom. The van der Waals surface area contributed by atoms with Gasteiger partial charge in [0.1, 0.15) is 0 Å². The summed E-state index contributed by atoms with van der Waals surface area (Å²) in [6, 6.07) is 80.9. The maximum absolute atomic E-state index is 5.02. The minimum Gasteiger partial charge on any atom is -0.208 e. The lowest BCUT2D eigenvalue weighted by molar-refractivity contribution is 1.07. The van der Waals surface area contributed by atoms with Crippen LogP contribution in [0.15, 0.2) is 224 Å². The van der Waals surface area contributed by atoms with E-state index >= 15 is 0 Å². The van der Waals surface area contributed by atoms with Crippen molar-refractivity contribution >= 4 is 75.4 Å². The van der Waals surface area contributed by atoms with Crippen molar-refractivity contribution < 1.29 is 0 Å². The van der Waals surface area contributed by atoms with Crippen LogP contribution in [0.2, 0.25) is 0 Å². The van der Waals surface area contributed by atoms with Crippen molar-refractivity contribution in [2.24, 2.45) is 0 Å². The molecule has 0 unspecified atom stereocenters. The van der Waals surface area contributed by atoms with Gasteiger partial charge in [0, 0.05) is 16.7 Å². The third-order valence-corrected chi connectivity index (χ3v) is 13.1. The Labute approximate surface area is 369 Å². The first-order chi connectivity index (χ1) is 31.8. The van der Waals surface area contributed by atoms with E-state index in [1.54, 1.807) is 0 Å². The number of rotatable bonds is 5. The highest BCUT2D eigenvalue weighted by Gasteiger charge is 2.21. The number of fused-ring (bicyclic) bond motifs is 7. The molecule has 0 fully saturated rings. The fourth-order valence-electron chi connectivity index (χ4n) is 10.3. The first-order valence-electron chi connectivity index (χ1n) is 21.9. The molecule has 0 aliphatic rings. The van der Waals surface area contributed by atoms with Crippen LogP contribution in [-0.4, -0.2) is 15.0 Å². The summed E-state index contributed by atoms with van der Waals surface area (Å²) in [5, 5.41) is 17.5. The lowest BCUT2D eigenvalue weighted by atomic mass is 9.82. The maximum Gasteiger partial charge on any atom is 0.164 e. The highest BCUT2D eigenvalue weighted by molar-refractivity contribution is 6.36. The van der Waals surface area contributed by atoms with Gasteiger partial charge in [-0.3, -0.25) is 0 Å². The van der Waals surface area contributed by atoms with Gasteiger partial charge in [0.15, 0.2) is 17.5 Å². The normalized spacial score (nSPS) is 11.8.